The Morgan fingerprint density at radius 2 is 1.96 bits per heavy atom. The van der Waals surface area contributed by atoms with Crippen LogP contribution in [0.1, 0.15) is 0 Å². The zero-order chi connectivity index (χ0) is 16.2. The summed E-state index contributed by atoms with van der Waals surface area (Å²) in [6.07, 6.45) is 3.17. The Morgan fingerprint density at radius 3 is 2.70 bits per heavy atom. The SMILES string of the molecule is O=C(Cn1nnc(-c2ccncc2)n1)Nc1ccc(F)cc1F. The largest absolute Gasteiger partial charge is 0.322 e. The molecule has 0 aliphatic carbocycles. The molecule has 2 aromatic heterocycles. The first-order chi connectivity index (χ1) is 11.1. The first-order valence-corrected chi connectivity index (χ1v) is 6.55. The van der Waals surface area contributed by atoms with Gasteiger partial charge in [-0.2, -0.15) is 4.80 Å². The van der Waals surface area contributed by atoms with E-state index in [-0.39, 0.29) is 12.2 Å². The van der Waals surface area contributed by atoms with Crippen molar-refractivity contribution in [1.82, 2.24) is 25.2 Å². The Hall–Kier alpha value is -3.23. The van der Waals surface area contributed by atoms with Gasteiger partial charge in [0.1, 0.15) is 18.2 Å². The highest BCUT2D eigenvalue weighted by Gasteiger charge is 2.11. The Labute approximate surface area is 129 Å². The van der Waals surface area contributed by atoms with Crippen molar-refractivity contribution in [2.45, 2.75) is 6.54 Å². The van der Waals surface area contributed by atoms with Gasteiger partial charge in [-0.15, -0.1) is 10.2 Å². The second-order valence-electron chi connectivity index (χ2n) is 4.55. The zero-order valence-corrected chi connectivity index (χ0v) is 11.6. The third kappa shape index (κ3) is 3.51. The molecule has 0 aliphatic heterocycles. The minimum absolute atomic E-state index is 0.120. The highest BCUT2D eigenvalue weighted by atomic mass is 19.1. The molecule has 0 bridgehead atoms. The van der Waals surface area contributed by atoms with Crippen molar-refractivity contribution in [2.75, 3.05) is 5.32 Å². The van der Waals surface area contributed by atoms with Crippen molar-refractivity contribution in [3.8, 4) is 11.4 Å². The fourth-order valence-electron chi connectivity index (χ4n) is 1.84. The Bertz CT molecular complexity index is 836. The maximum atomic E-state index is 13.5. The van der Waals surface area contributed by atoms with E-state index in [9.17, 15) is 13.6 Å². The number of carbonyl (C=O) groups is 1. The molecule has 1 amide bonds. The van der Waals surface area contributed by atoms with Crippen molar-refractivity contribution >= 4 is 11.6 Å². The molecular formula is C14H10F2N6O. The predicted molar refractivity (Wildman–Crippen MR) is 76.0 cm³/mol. The summed E-state index contributed by atoms with van der Waals surface area (Å²) in [6, 6.07) is 6.28. The van der Waals surface area contributed by atoms with Gasteiger partial charge in [-0.05, 0) is 29.5 Å². The molecule has 1 aromatic carbocycles. The minimum atomic E-state index is -0.859. The second-order valence-corrected chi connectivity index (χ2v) is 4.55. The van der Waals surface area contributed by atoms with Crippen LogP contribution in [0.25, 0.3) is 11.4 Å². The van der Waals surface area contributed by atoms with E-state index < -0.39 is 17.5 Å². The summed E-state index contributed by atoms with van der Waals surface area (Å²) in [4.78, 5) is 16.8. The molecule has 0 saturated heterocycles. The van der Waals surface area contributed by atoms with Gasteiger partial charge in [0.05, 0.1) is 5.69 Å². The molecule has 3 aromatic rings. The molecule has 0 saturated carbocycles. The lowest BCUT2D eigenvalue weighted by Gasteiger charge is -2.05. The lowest BCUT2D eigenvalue weighted by atomic mass is 10.3. The number of nitrogens with one attached hydrogen (secondary N) is 1. The summed E-state index contributed by atoms with van der Waals surface area (Å²) in [7, 11) is 0. The Kier molecular flexibility index (Phi) is 4.00. The molecule has 7 nitrogen and oxygen atoms in total. The van der Waals surface area contributed by atoms with E-state index >= 15 is 0 Å². The summed E-state index contributed by atoms with van der Waals surface area (Å²) in [5.41, 5.74) is 0.585. The van der Waals surface area contributed by atoms with Crippen LogP contribution < -0.4 is 5.32 Å². The van der Waals surface area contributed by atoms with Crippen molar-refractivity contribution in [2.24, 2.45) is 0 Å². The van der Waals surface area contributed by atoms with Gasteiger partial charge in [-0.3, -0.25) is 9.78 Å². The van der Waals surface area contributed by atoms with Crippen molar-refractivity contribution < 1.29 is 13.6 Å². The molecule has 2 heterocycles. The molecule has 116 valence electrons. The number of tetrazole rings is 1. The van der Waals surface area contributed by atoms with Gasteiger partial charge in [-0.1, -0.05) is 0 Å². The number of anilines is 1. The Morgan fingerprint density at radius 1 is 1.17 bits per heavy atom. The van der Waals surface area contributed by atoms with Crippen LogP contribution in [0.15, 0.2) is 42.7 Å². The van der Waals surface area contributed by atoms with Gasteiger partial charge in [0.15, 0.2) is 0 Å². The van der Waals surface area contributed by atoms with E-state index in [1.807, 2.05) is 0 Å². The number of carbonyl (C=O) groups excluding carboxylic acids is 1. The quantitative estimate of drug-likeness (QED) is 0.791. The summed E-state index contributed by atoms with van der Waals surface area (Å²) in [5, 5.41) is 13.9. The van der Waals surface area contributed by atoms with Gasteiger partial charge in [0.2, 0.25) is 11.7 Å². The van der Waals surface area contributed by atoms with E-state index in [2.05, 4.69) is 25.7 Å². The van der Waals surface area contributed by atoms with E-state index in [0.29, 0.717) is 17.5 Å². The van der Waals surface area contributed by atoms with Gasteiger partial charge >= 0.3 is 0 Å². The highest BCUT2D eigenvalue weighted by molar-refractivity contribution is 5.90. The van der Waals surface area contributed by atoms with E-state index in [1.165, 1.54) is 0 Å². The summed E-state index contributed by atoms with van der Waals surface area (Å²) < 4.78 is 26.3. The molecule has 0 spiro atoms. The third-order valence-corrected chi connectivity index (χ3v) is 2.88. The van der Waals surface area contributed by atoms with Crippen LogP contribution in [-0.4, -0.2) is 31.1 Å². The standard InChI is InChI=1S/C14H10F2N6O/c15-10-1-2-12(11(16)7-10)18-13(23)8-22-20-14(19-21-22)9-3-5-17-6-4-9/h1-7H,8H2,(H,18,23). The van der Waals surface area contributed by atoms with Gasteiger partial charge < -0.3 is 5.32 Å². The number of hydrogen-bond donors (Lipinski definition) is 1. The number of nitrogens with zero attached hydrogens (tertiary/aromatic N) is 5. The zero-order valence-electron chi connectivity index (χ0n) is 11.6. The molecular weight excluding hydrogens is 306 g/mol. The maximum absolute atomic E-state index is 13.5. The van der Waals surface area contributed by atoms with Crippen LogP contribution in [0, 0.1) is 11.6 Å². The third-order valence-electron chi connectivity index (χ3n) is 2.88. The fraction of sp³-hybridized carbons (Fsp3) is 0.0714. The molecule has 0 atom stereocenters. The molecule has 1 N–H and O–H groups in total. The highest BCUT2D eigenvalue weighted by Crippen LogP contribution is 2.15. The average Bonchev–Trinajstić information content (AvgIpc) is 2.99. The Balaban J connectivity index is 1.68. The van der Waals surface area contributed by atoms with Gasteiger partial charge in [0.25, 0.3) is 0 Å². The van der Waals surface area contributed by atoms with Crippen LogP contribution in [-0.2, 0) is 11.3 Å². The van der Waals surface area contributed by atoms with Crippen molar-refractivity contribution in [3.63, 3.8) is 0 Å². The number of rotatable bonds is 4. The summed E-state index contributed by atoms with van der Waals surface area (Å²) >= 11 is 0. The van der Waals surface area contributed by atoms with Crippen LogP contribution in [0.5, 0.6) is 0 Å². The van der Waals surface area contributed by atoms with Crippen LogP contribution in [0.4, 0.5) is 14.5 Å². The molecule has 0 unspecified atom stereocenters. The van der Waals surface area contributed by atoms with Crippen LogP contribution in [0.3, 0.4) is 0 Å². The second kappa shape index (κ2) is 6.26. The summed E-state index contributed by atoms with van der Waals surface area (Å²) in [6.45, 7) is -0.255. The molecule has 0 radical (unpaired) electrons. The number of amides is 1. The first kappa shape index (κ1) is 14.7. The molecule has 3 rings (SSSR count). The van der Waals surface area contributed by atoms with Crippen LogP contribution >= 0.6 is 0 Å². The maximum Gasteiger partial charge on any atom is 0.248 e. The molecule has 9 heteroatoms. The van der Waals surface area contributed by atoms with E-state index in [4.69, 9.17) is 0 Å². The number of pyridine rings is 1. The number of hydrogen-bond acceptors (Lipinski definition) is 5. The molecule has 23 heavy (non-hydrogen) atoms. The van der Waals surface area contributed by atoms with Gasteiger partial charge in [-0.25, -0.2) is 8.78 Å². The van der Waals surface area contributed by atoms with E-state index in [1.54, 1.807) is 24.5 Å². The number of halogens is 2. The fourth-order valence-corrected chi connectivity index (χ4v) is 1.84. The molecule has 0 fully saturated rings. The summed E-state index contributed by atoms with van der Waals surface area (Å²) in [5.74, 6) is -1.80. The topological polar surface area (TPSA) is 85.6 Å². The smallest absolute Gasteiger partial charge is 0.248 e. The minimum Gasteiger partial charge on any atom is -0.322 e. The monoisotopic (exact) mass is 316 g/mol. The lowest BCUT2D eigenvalue weighted by Crippen LogP contribution is -2.21. The number of aromatic nitrogens is 5. The normalized spacial score (nSPS) is 10.5. The predicted octanol–water partition coefficient (Wildman–Crippen LogP) is 1.65. The first-order valence-electron chi connectivity index (χ1n) is 6.55. The van der Waals surface area contributed by atoms with E-state index in [0.717, 1.165) is 16.9 Å². The number of benzene rings is 1. The average molecular weight is 316 g/mol. The molecule has 0 aliphatic rings. The lowest BCUT2D eigenvalue weighted by molar-refractivity contribution is -0.117. The van der Waals surface area contributed by atoms with Crippen molar-refractivity contribution in [1.29, 1.82) is 0 Å². The van der Waals surface area contributed by atoms with Gasteiger partial charge in [0, 0.05) is 24.0 Å². The van der Waals surface area contributed by atoms with Crippen LogP contribution in [0.2, 0.25) is 0 Å². The van der Waals surface area contributed by atoms with Crippen molar-refractivity contribution in [3.05, 3.63) is 54.4 Å².